The summed E-state index contributed by atoms with van der Waals surface area (Å²) in [5.41, 5.74) is 6.76. The Kier molecular flexibility index (Phi) is 3.79. The average Bonchev–Trinajstić information content (AvgIpc) is 2.22. The van der Waals surface area contributed by atoms with Crippen LogP contribution in [0.2, 0.25) is 5.02 Å². The van der Waals surface area contributed by atoms with Gasteiger partial charge in [-0.3, -0.25) is 0 Å². The summed E-state index contributed by atoms with van der Waals surface area (Å²) in [6, 6.07) is 9.08. The SMILES string of the molecule is N#CCN(CC#N)c1cccc(Cl)c1N. The molecule has 0 fully saturated rings. The van der Waals surface area contributed by atoms with E-state index in [-0.39, 0.29) is 13.1 Å². The van der Waals surface area contributed by atoms with Crippen LogP contribution in [0.4, 0.5) is 11.4 Å². The van der Waals surface area contributed by atoms with Gasteiger partial charge in [0.1, 0.15) is 13.1 Å². The predicted octanol–water partition coefficient (Wildman–Crippen LogP) is 1.78. The number of anilines is 2. The van der Waals surface area contributed by atoms with Crippen LogP contribution in [0.1, 0.15) is 0 Å². The molecule has 2 N–H and O–H groups in total. The highest BCUT2D eigenvalue weighted by Crippen LogP contribution is 2.29. The summed E-state index contributed by atoms with van der Waals surface area (Å²) >= 11 is 5.84. The second kappa shape index (κ2) is 5.09. The molecule has 0 aliphatic carbocycles. The maximum atomic E-state index is 8.61. The number of para-hydroxylation sites is 1. The fourth-order valence-electron chi connectivity index (χ4n) is 1.20. The van der Waals surface area contributed by atoms with E-state index in [1.807, 2.05) is 12.1 Å². The van der Waals surface area contributed by atoms with Gasteiger partial charge < -0.3 is 10.6 Å². The van der Waals surface area contributed by atoms with Crippen LogP contribution in [0.25, 0.3) is 0 Å². The zero-order valence-electron chi connectivity index (χ0n) is 7.94. The molecular weight excluding hydrogens is 212 g/mol. The first-order chi connectivity index (χ1) is 7.20. The molecule has 0 saturated carbocycles. The number of nitrogens with zero attached hydrogens (tertiary/aromatic N) is 3. The molecule has 0 saturated heterocycles. The highest BCUT2D eigenvalue weighted by atomic mass is 35.5. The Morgan fingerprint density at radius 1 is 1.27 bits per heavy atom. The summed E-state index contributed by atoms with van der Waals surface area (Å²) in [6.45, 7) is 0.218. The van der Waals surface area contributed by atoms with Crippen LogP contribution in [0.5, 0.6) is 0 Å². The van der Waals surface area contributed by atoms with Crippen molar-refractivity contribution in [2.45, 2.75) is 0 Å². The van der Waals surface area contributed by atoms with E-state index in [2.05, 4.69) is 0 Å². The van der Waals surface area contributed by atoms with Crippen molar-refractivity contribution >= 4 is 23.0 Å². The maximum absolute atomic E-state index is 8.61. The summed E-state index contributed by atoms with van der Waals surface area (Å²) in [5, 5.41) is 17.6. The number of hydrogen-bond donors (Lipinski definition) is 1. The molecule has 1 rings (SSSR count). The second-order valence-electron chi connectivity index (χ2n) is 2.84. The van der Waals surface area contributed by atoms with E-state index in [4.69, 9.17) is 27.9 Å². The first-order valence-corrected chi connectivity index (χ1v) is 4.61. The fourth-order valence-corrected chi connectivity index (χ4v) is 1.37. The molecule has 0 aliphatic rings. The van der Waals surface area contributed by atoms with Gasteiger partial charge in [0, 0.05) is 0 Å². The number of nitriles is 2. The van der Waals surface area contributed by atoms with Gasteiger partial charge in [-0.25, -0.2) is 0 Å². The Balaban J connectivity index is 3.07. The number of rotatable bonds is 3. The van der Waals surface area contributed by atoms with Crippen molar-refractivity contribution in [3.05, 3.63) is 23.2 Å². The zero-order chi connectivity index (χ0) is 11.3. The summed E-state index contributed by atoms with van der Waals surface area (Å²) in [4.78, 5) is 1.57. The van der Waals surface area contributed by atoms with Gasteiger partial charge in [0.05, 0.1) is 28.5 Å². The summed E-state index contributed by atoms with van der Waals surface area (Å²) < 4.78 is 0. The van der Waals surface area contributed by atoms with Crippen LogP contribution in [0.15, 0.2) is 18.2 Å². The molecule has 76 valence electrons. The van der Waals surface area contributed by atoms with Gasteiger partial charge in [-0.15, -0.1) is 0 Å². The number of nitrogen functional groups attached to an aromatic ring is 1. The summed E-state index contributed by atoms with van der Waals surface area (Å²) in [6.07, 6.45) is 0. The van der Waals surface area contributed by atoms with Gasteiger partial charge in [-0.1, -0.05) is 17.7 Å². The summed E-state index contributed by atoms with van der Waals surface area (Å²) in [7, 11) is 0. The molecule has 0 aliphatic heterocycles. The van der Waals surface area contributed by atoms with Gasteiger partial charge in [0.15, 0.2) is 0 Å². The second-order valence-corrected chi connectivity index (χ2v) is 3.25. The third kappa shape index (κ3) is 2.52. The molecule has 1 aromatic carbocycles. The van der Waals surface area contributed by atoms with E-state index in [1.54, 1.807) is 23.1 Å². The van der Waals surface area contributed by atoms with E-state index < -0.39 is 0 Å². The topological polar surface area (TPSA) is 76.8 Å². The zero-order valence-corrected chi connectivity index (χ0v) is 8.70. The minimum atomic E-state index is 0.109. The number of nitrogens with two attached hydrogens (primary N) is 1. The van der Waals surface area contributed by atoms with Crippen LogP contribution < -0.4 is 10.6 Å². The molecule has 0 amide bonds. The van der Waals surface area contributed by atoms with Crippen molar-refractivity contribution in [2.24, 2.45) is 0 Å². The van der Waals surface area contributed by atoms with Crippen molar-refractivity contribution in [3.63, 3.8) is 0 Å². The Hall–Kier alpha value is -1.91. The van der Waals surface area contributed by atoms with Crippen molar-refractivity contribution in [2.75, 3.05) is 23.7 Å². The quantitative estimate of drug-likeness (QED) is 0.622. The van der Waals surface area contributed by atoms with Crippen LogP contribution in [0, 0.1) is 22.7 Å². The van der Waals surface area contributed by atoms with E-state index in [9.17, 15) is 0 Å². The van der Waals surface area contributed by atoms with Gasteiger partial charge >= 0.3 is 0 Å². The lowest BCUT2D eigenvalue weighted by atomic mass is 10.2. The minimum absolute atomic E-state index is 0.109. The lowest BCUT2D eigenvalue weighted by Crippen LogP contribution is -2.24. The molecule has 0 aromatic heterocycles. The highest BCUT2D eigenvalue weighted by molar-refractivity contribution is 6.33. The summed E-state index contributed by atoms with van der Waals surface area (Å²) in [5.74, 6) is 0. The van der Waals surface area contributed by atoms with Gasteiger partial charge in [-0.05, 0) is 12.1 Å². The minimum Gasteiger partial charge on any atom is -0.396 e. The van der Waals surface area contributed by atoms with Crippen molar-refractivity contribution in [1.82, 2.24) is 0 Å². The fraction of sp³-hybridized carbons (Fsp3) is 0.200. The molecule has 0 spiro atoms. The van der Waals surface area contributed by atoms with Gasteiger partial charge in [0.25, 0.3) is 0 Å². The van der Waals surface area contributed by atoms with Crippen LogP contribution in [-0.4, -0.2) is 13.1 Å². The van der Waals surface area contributed by atoms with E-state index in [0.29, 0.717) is 16.4 Å². The van der Waals surface area contributed by atoms with Gasteiger partial charge in [-0.2, -0.15) is 10.5 Å². The Morgan fingerprint density at radius 2 is 1.87 bits per heavy atom. The highest BCUT2D eigenvalue weighted by Gasteiger charge is 2.10. The van der Waals surface area contributed by atoms with Crippen LogP contribution in [-0.2, 0) is 0 Å². The molecule has 0 atom stereocenters. The first kappa shape index (κ1) is 11.2. The molecule has 4 nitrogen and oxygen atoms in total. The van der Waals surface area contributed by atoms with Crippen LogP contribution in [0.3, 0.4) is 0 Å². The van der Waals surface area contributed by atoms with E-state index >= 15 is 0 Å². The number of benzene rings is 1. The molecular formula is C10H9ClN4. The molecule has 0 heterocycles. The Labute approximate surface area is 93.1 Å². The Morgan fingerprint density at radius 3 is 2.40 bits per heavy atom. The van der Waals surface area contributed by atoms with Crippen LogP contribution >= 0.6 is 11.6 Å². The largest absolute Gasteiger partial charge is 0.396 e. The smallest absolute Gasteiger partial charge is 0.107 e. The third-order valence-corrected chi connectivity index (χ3v) is 2.22. The van der Waals surface area contributed by atoms with E-state index in [0.717, 1.165) is 0 Å². The molecule has 15 heavy (non-hydrogen) atoms. The molecule has 5 heteroatoms. The van der Waals surface area contributed by atoms with E-state index in [1.165, 1.54) is 0 Å². The maximum Gasteiger partial charge on any atom is 0.107 e. The van der Waals surface area contributed by atoms with Crippen molar-refractivity contribution in [1.29, 1.82) is 10.5 Å². The molecule has 0 radical (unpaired) electrons. The average molecular weight is 221 g/mol. The predicted molar refractivity (Wildman–Crippen MR) is 59.3 cm³/mol. The Bertz CT molecular complexity index is 414. The normalized spacial score (nSPS) is 9.00. The monoisotopic (exact) mass is 220 g/mol. The number of halogens is 1. The standard InChI is InChI=1S/C10H9ClN4/c11-8-2-1-3-9(10(8)14)15(6-4-12)7-5-13/h1-3H,6-7,14H2. The van der Waals surface area contributed by atoms with Crippen molar-refractivity contribution in [3.8, 4) is 12.1 Å². The van der Waals surface area contributed by atoms with Gasteiger partial charge in [0.2, 0.25) is 0 Å². The first-order valence-electron chi connectivity index (χ1n) is 4.23. The number of hydrogen-bond acceptors (Lipinski definition) is 4. The molecule has 1 aromatic rings. The molecule has 0 unspecified atom stereocenters. The lowest BCUT2D eigenvalue weighted by Gasteiger charge is -2.20. The lowest BCUT2D eigenvalue weighted by molar-refractivity contribution is 0.968. The molecule has 0 bridgehead atoms. The van der Waals surface area contributed by atoms with Crippen molar-refractivity contribution < 1.29 is 0 Å². The third-order valence-electron chi connectivity index (χ3n) is 1.89.